The van der Waals surface area contributed by atoms with Crippen LogP contribution >= 0.6 is 0 Å². The molecule has 0 aromatic carbocycles. The predicted octanol–water partition coefficient (Wildman–Crippen LogP) is 2.38. The standard InChI is InChI=1S/C52H56N20O8/c1-54-47(75)37-16-30(24-68(37)4)59-50(78)40-19-32(26-71(40)7)61-51(79)41-20-31(25-72(41)8)60-49(77)39-18-28(22-70(39)6)57-45(73)33(53)11-12-56-48(76)38-17-29(23-69(38)5)58-46(74)35-10-9-34-42(64-35)65-43(63-34)36-15-27(21-67(36)3)62-52(80)44-55-13-14-66(44)2/h9-10,13-26,33H,11-12,53H2,1-8H3,(H,54,75)(H,56,76)(H,57,73)(H,58,74)(H,59,78)(H,60,77)(H,61,79)(H,62,80)(H,63,64,65)/p+1/t33-/m1/s1. The van der Waals surface area contributed by atoms with Crippen LogP contribution in [0.5, 0.6) is 0 Å². The van der Waals surface area contributed by atoms with Gasteiger partial charge in [-0.2, -0.15) is 0 Å². The zero-order valence-electron chi connectivity index (χ0n) is 44.7. The lowest BCUT2D eigenvalue weighted by molar-refractivity contribution is -0.403. The van der Waals surface area contributed by atoms with E-state index in [0.29, 0.717) is 56.9 Å². The van der Waals surface area contributed by atoms with E-state index >= 15 is 0 Å². The van der Waals surface area contributed by atoms with Crippen LogP contribution in [0.3, 0.4) is 0 Å². The van der Waals surface area contributed by atoms with Crippen molar-refractivity contribution in [2.45, 2.75) is 12.5 Å². The number of hydrogen-bond acceptors (Lipinski definition) is 11. The average Bonchev–Trinajstić information content (AvgIpc) is 4.33. The lowest BCUT2D eigenvalue weighted by atomic mass is 10.2. The fourth-order valence-corrected chi connectivity index (χ4v) is 8.81. The van der Waals surface area contributed by atoms with E-state index < -0.39 is 41.5 Å². The Balaban J connectivity index is 0.728. The maximum absolute atomic E-state index is 13.5. The van der Waals surface area contributed by atoms with Crippen molar-refractivity contribution in [1.82, 2.24) is 62.5 Å². The Morgan fingerprint density at radius 1 is 0.512 bits per heavy atom. The van der Waals surface area contributed by atoms with Crippen molar-refractivity contribution < 1.29 is 44.1 Å². The minimum atomic E-state index is -0.797. The minimum absolute atomic E-state index is 0.0804. The van der Waals surface area contributed by atoms with Crippen molar-refractivity contribution in [1.29, 1.82) is 0 Å². The number of pyridine rings is 1. The van der Waals surface area contributed by atoms with E-state index in [1.165, 1.54) is 46.6 Å². The van der Waals surface area contributed by atoms with E-state index in [0.717, 1.165) is 0 Å². The second-order valence-corrected chi connectivity index (χ2v) is 18.9. The quantitative estimate of drug-likeness (QED) is 0.0595. The summed E-state index contributed by atoms with van der Waals surface area (Å²) in [5.74, 6) is -2.88. The first-order valence-corrected chi connectivity index (χ1v) is 24.7. The van der Waals surface area contributed by atoms with Gasteiger partial charge in [0.2, 0.25) is 0 Å². The maximum Gasteiger partial charge on any atom is 0.291 e. The Morgan fingerprint density at radius 2 is 0.950 bits per heavy atom. The fraction of sp³-hybridized carbons (Fsp3) is 0.212. The molecule has 9 aromatic rings. The van der Waals surface area contributed by atoms with Crippen LogP contribution in [0.4, 0.5) is 34.1 Å². The normalized spacial score (nSPS) is 11.5. The van der Waals surface area contributed by atoms with Crippen molar-refractivity contribution in [2.24, 2.45) is 49.3 Å². The number of fused-ring (bicyclic) bond motifs is 1. The van der Waals surface area contributed by atoms with Crippen LogP contribution in [0, 0.1) is 0 Å². The minimum Gasteiger partial charge on any atom is -0.354 e. The van der Waals surface area contributed by atoms with Crippen LogP contribution in [0.1, 0.15) is 80.0 Å². The molecule has 0 aliphatic carbocycles. The average molecular weight is 1090 g/mol. The molecule has 0 aliphatic heterocycles. The molecule has 12 N–H and O–H groups in total. The Hall–Kier alpha value is -10.8. The lowest BCUT2D eigenvalue weighted by Gasteiger charge is -2.10. The van der Waals surface area contributed by atoms with Gasteiger partial charge in [-0.1, -0.05) is 0 Å². The molecule has 28 nitrogen and oxygen atoms in total. The summed E-state index contributed by atoms with van der Waals surface area (Å²) in [6.07, 6.45) is 13.0. The van der Waals surface area contributed by atoms with Crippen LogP contribution in [-0.2, 0) is 54.1 Å². The molecule has 0 unspecified atom stereocenters. The number of nitrogens with zero attached hydrogens (tertiary/aromatic N) is 10. The molecule has 0 fully saturated rings. The summed E-state index contributed by atoms with van der Waals surface area (Å²) in [6, 6.07) is 11.7. The first kappa shape index (κ1) is 54.0. The summed E-state index contributed by atoms with van der Waals surface area (Å²) in [5.41, 5.74) is 9.09. The van der Waals surface area contributed by atoms with Gasteiger partial charge in [-0.3, -0.25) is 38.4 Å². The molecular formula is C52H57N20O8+. The van der Waals surface area contributed by atoms with Gasteiger partial charge in [-0.05, 0) is 48.5 Å². The Morgan fingerprint density at radius 3 is 1.44 bits per heavy atom. The van der Waals surface area contributed by atoms with Gasteiger partial charge in [0.05, 0.1) is 45.3 Å². The number of quaternary nitrogens is 1. The van der Waals surface area contributed by atoms with Crippen LogP contribution in [-0.4, -0.2) is 119 Å². The van der Waals surface area contributed by atoms with Crippen LogP contribution in [0.25, 0.3) is 22.7 Å². The summed E-state index contributed by atoms with van der Waals surface area (Å²) in [5, 5.41) is 22.0. The largest absolute Gasteiger partial charge is 0.354 e. The molecule has 0 saturated carbocycles. The van der Waals surface area contributed by atoms with Crippen molar-refractivity contribution in [2.75, 3.05) is 45.5 Å². The van der Waals surface area contributed by atoms with Gasteiger partial charge >= 0.3 is 0 Å². The van der Waals surface area contributed by atoms with Crippen LogP contribution < -0.4 is 48.3 Å². The molecule has 9 aromatic heterocycles. The van der Waals surface area contributed by atoms with Crippen molar-refractivity contribution >= 4 is 92.5 Å². The van der Waals surface area contributed by atoms with Crippen molar-refractivity contribution in [3.8, 4) is 11.5 Å². The molecule has 0 saturated heterocycles. The highest BCUT2D eigenvalue weighted by Gasteiger charge is 2.24. The predicted molar refractivity (Wildman–Crippen MR) is 294 cm³/mol. The second-order valence-electron chi connectivity index (χ2n) is 18.9. The number of imidazole rings is 2. The zero-order valence-corrected chi connectivity index (χ0v) is 44.7. The van der Waals surface area contributed by atoms with Gasteiger partial charge in [-0.25, -0.2) is 15.0 Å². The van der Waals surface area contributed by atoms with Gasteiger partial charge in [0, 0.05) is 119 Å². The fourth-order valence-electron chi connectivity index (χ4n) is 8.81. The number of aryl methyl sites for hydroxylation is 7. The third kappa shape index (κ3) is 11.5. The molecule has 8 amide bonds. The van der Waals surface area contributed by atoms with Crippen LogP contribution in [0.2, 0.25) is 0 Å². The van der Waals surface area contributed by atoms with E-state index in [-0.39, 0.29) is 64.7 Å². The number of H-pyrrole nitrogens is 1. The first-order valence-electron chi connectivity index (χ1n) is 24.7. The summed E-state index contributed by atoms with van der Waals surface area (Å²) >= 11 is 0. The summed E-state index contributed by atoms with van der Waals surface area (Å²) in [4.78, 5) is 121. The summed E-state index contributed by atoms with van der Waals surface area (Å²) in [7, 11) is 13.3. The molecule has 0 aliphatic rings. The number of anilines is 6. The van der Waals surface area contributed by atoms with Gasteiger partial charge in [0.1, 0.15) is 34.2 Å². The monoisotopic (exact) mass is 1090 g/mol. The first-order chi connectivity index (χ1) is 38.1. The Kier molecular flexibility index (Phi) is 14.9. The topological polar surface area (TPSA) is 349 Å². The van der Waals surface area contributed by atoms with E-state index in [1.54, 1.807) is 140 Å². The van der Waals surface area contributed by atoms with E-state index in [1.807, 2.05) is 0 Å². The zero-order chi connectivity index (χ0) is 57.3. The molecule has 0 bridgehead atoms. The highest BCUT2D eigenvalue weighted by atomic mass is 16.2. The molecule has 9 heterocycles. The number of carbonyl (C=O) groups excluding carboxylic acids is 8. The van der Waals surface area contributed by atoms with Crippen molar-refractivity contribution in [3.63, 3.8) is 0 Å². The Labute approximate surface area is 454 Å². The molecule has 80 heavy (non-hydrogen) atoms. The Bertz CT molecular complexity index is 3940. The molecule has 9 rings (SSSR count). The smallest absolute Gasteiger partial charge is 0.291 e. The van der Waals surface area contributed by atoms with Crippen LogP contribution in [0.15, 0.2) is 98.1 Å². The highest BCUT2D eigenvalue weighted by Crippen LogP contribution is 2.26. The highest BCUT2D eigenvalue weighted by molar-refractivity contribution is 6.09. The molecule has 0 spiro atoms. The lowest BCUT2D eigenvalue weighted by Crippen LogP contribution is -2.67. The summed E-state index contributed by atoms with van der Waals surface area (Å²) < 4.78 is 11.1. The number of rotatable bonds is 18. The number of aromatic nitrogens is 11. The molecule has 1 atom stereocenters. The van der Waals surface area contributed by atoms with Gasteiger partial charge < -0.3 is 85.2 Å². The molecule has 412 valence electrons. The molecule has 28 heteroatoms. The number of hydrogen-bond donors (Lipinski definition) is 10. The SMILES string of the molecule is CNC(=O)c1cc(NC(=O)c2cc(NC(=O)c3cc(NC(=O)c4cc(NC(=O)[C@H]([NH3+])CCNC(=O)c5cc(NC(=O)c6ccc7[nH]c(-c8cc(NC(=O)c9nccn9C)cn8C)nc7n6)cn5C)cn4C)cn3C)cn2C)cn1C. The van der Waals surface area contributed by atoms with Gasteiger partial charge in [-0.15, -0.1) is 0 Å². The third-order valence-electron chi connectivity index (χ3n) is 13.0. The van der Waals surface area contributed by atoms with E-state index in [4.69, 9.17) is 0 Å². The van der Waals surface area contributed by atoms with Gasteiger partial charge in [0.15, 0.2) is 23.3 Å². The number of carbonyl (C=O) groups is 8. The van der Waals surface area contributed by atoms with E-state index in [2.05, 4.69) is 68.2 Å². The second kappa shape index (κ2) is 22.1. The number of nitrogens with one attached hydrogen (secondary N) is 9. The molecular weight excluding hydrogens is 1030 g/mol. The van der Waals surface area contributed by atoms with Crippen molar-refractivity contribution in [3.05, 3.63) is 138 Å². The number of amides is 8. The number of aromatic amines is 1. The maximum atomic E-state index is 13.5. The summed E-state index contributed by atoms with van der Waals surface area (Å²) in [6.45, 7) is 0.0909. The van der Waals surface area contributed by atoms with Gasteiger partial charge in [0.25, 0.3) is 47.3 Å². The van der Waals surface area contributed by atoms with E-state index in [9.17, 15) is 38.4 Å². The molecule has 0 radical (unpaired) electrons. The third-order valence-corrected chi connectivity index (χ3v) is 13.0.